The van der Waals surface area contributed by atoms with Crippen LogP contribution in [0.25, 0.3) is 10.4 Å². The highest BCUT2D eigenvalue weighted by molar-refractivity contribution is 7.15. The summed E-state index contributed by atoms with van der Waals surface area (Å²) in [4.78, 5) is 15.5. The van der Waals surface area contributed by atoms with E-state index in [9.17, 15) is 14.3 Å². The Kier molecular flexibility index (Phi) is 7.10. The molecule has 0 amide bonds. The van der Waals surface area contributed by atoms with Gasteiger partial charge >= 0.3 is 0 Å². The van der Waals surface area contributed by atoms with Gasteiger partial charge in [-0.15, -0.1) is 11.3 Å². The Morgan fingerprint density at radius 3 is 2.47 bits per heavy atom. The molecule has 2 N–H and O–H groups in total. The zero-order valence-corrected chi connectivity index (χ0v) is 20.1. The molecule has 1 aromatic heterocycles. The van der Waals surface area contributed by atoms with E-state index in [4.69, 9.17) is 4.74 Å². The Balaban J connectivity index is 1.80. The van der Waals surface area contributed by atoms with Gasteiger partial charge < -0.3 is 15.2 Å². The third-order valence-corrected chi connectivity index (χ3v) is 6.69. The number of carbonyl (C=O) groups is 1. The number of nitrogens with one attached hydrogen (secondary N) is 1. The lowest BCUT2D eigenvalue weighted by Gasteiger charge is -2.21. The minimum atomic E-state index is -0.723. The van der Waals surface area contributed by atoms with Crippen molar-refractivity contribution in [2.75, 3.05) is 12.4 Å². The summed E-state index contributed by atoms with van der Waals surface area (Å²) < 4.78 is 20.0. The number of ketones is 1. The van der Waals surface area contributed by atoms with E-state index in [1.54, 1.807) is 43.5 Å². The van der Waals surface area contributed by atoms with E-state index in [1.807, 2.05) is 44.2 Å². The number of hydrogen-bond donors (Lipinski definition) is 2. The number of aliphatic hydroxyl groups is 1. The van der Waals surface area contributed by atoms with Crippen LogP contribution in [0.5, 0.6) is 5.75 Å². The predicted octanol–water partition coefficient (Wildman–Crippen LogP) is 6.71. The lowest BCUT2D eigenvalue weighted by molar-refractivity contribution is 0.0970. The molecular formula is C28H26FNO3S. The number of anilines is 1. The molecular weight excluding hydrogens is 449 g/mol. The molecule has 3 aromatic carbocycles. The van der Waals surface area contributed by atoms with Crippen molar-refractivity contribution in [2.45, 2.75) is 26.5 Å². The summed E-state index contributed by atoms with van der Waals surface area (Å²) in [6, 6.07) is 20.7. The first-order chi connectivity index (χ1) is 16.4. The van der Waals surface area contributed by atoms with E-state index >= 15 is 0 Å². The van der Waals surface area contributed by atoms with E-state index in [0.29, 0.717) is 33.0 Å². The van der Waals surface area contributed by atoms with Gasteiger partial charge in [0.1, 0.15) is 17.6 Å². The number of aryl methyl sites for hydroxylation is 2. The van der Waals surface area contributed by atoms with Gasteiger partial charge in [-0.25, -0.2) is 4.39 Å². The van der Waals surface area contributed by atoms with Crippen molar-refractivity contribution in [1.29, 1.82) is 0 Å². The third kappa shape index (κ3) is 5.03. The van der Waals surface area contributed by atoms with Crippen LogP contribution >= 0.6 is 11.3 Å². The maximum atomic E-state index is 14.7. The quantitative estimate of drug-likeness (QED) is 0.278. The molecule has 0 aliphatic rings. The Hall–Kier alpha value is -3.48. The second-order valence-electron chi connectivity index (χ2n) is 8.16. The summed E-state index contributed by atoms with van der Waals surface area (Å²) >= 11 is 1.40. The first kappa shape index (κ1) is 23.7. The van der Waals surface area contributed by atoms with Crippen LogP contribution in [0.2, 0.25) is 0 Å². The number of halogens is 1. The second-order valence-corrected chi connectivity index (χ2v) is 9.42. The summed E-state index contributed by atoms with van der Waals surface area (Å²) in [5.41, 5.74) is 4.05. The lowest BCUT2D eigenvalue weighted by atomic mass is 9.94. The minimum Gasteiger partial charge on any atom is -0.497 e. The van der Waals surface area contributed by atoms with Crippen molar-refractivity contribution >= 4 is 22.8 Å². The number of thiophene rings is 1. The first-order valence-corrected chi connectivity index (χ1v) is 11.7. The monoisotopic (exact) mass is 475 g/mol. The number of ether oxygens (including phenoxy) is 1. The van der Waals surface area contributed by atoms with E-state index < -0.39 is 6.04 Å². The van der Waals surface area contributed by atoms with Gasteiger partial charge in [0.15, 0.2) is 5.78 Å². The van der Waals surface area contributed by atoms with Crippen LogP contribution in [0.1, 0.15) is 38.0 Å². The van der Waals surface area contributed by atoms with E-state index in [0.717, 1.165) is 16.0 Å². The highest BCUT2D eigenvalue weighted by Gasteiger charge is 2.27. The number of benzene rings is 3. The Morgan fingerprint density at radius 2 is 1.79 bits per heavy atom. The average molecular weight is 476 g/mol. The number of aliphatic hydroxyl groups excluding tert-OH is 1. The van der Waals surface area contributed by atoms with E-state index in [2.05, 4.69) is 5.32 Å². The topological polar surface area (TPSA) is 58.6 Å². The van der Waals surface area contributed by atoms with Crippen molar-refractivity contribution in [3.63, 3.8) is 0 Å². The van der Waals surface area contributed by atoms with Crippen LogP contribution < -0.4 is 10.1 Å². The summed E-state index contributed by atoms with van der Waals surface area (Å²) in [5, 5.41) is 13.0. The molecule has 4 nitrogen and oxygen atoms in total. The maximum Gasteiger partial charge on any atom is 0.191 e. The molecule has 0 spiro atoms. The molecule has 34 heavy (non-hydrogen) atoms. The third-order valence-electron chi connectivity index (χ3n) is 5.61. The molecule has 1 heterocycles. The molecule has 0 aliphatic carbocycles. The number of carbonyl (C=O) groups excluding carboxylic acids is 1. The zero-order valence-electron chi connectivity index (χ0n) is 19.3. The number of Topliss-reactive ketones (excluding diaryl/α,β-unsaturated/α-hetero) is 1. The molecule has 6 heteroatoms. The lowest BCUT2D eigenvalue weighted by Crippen LogP contribution is -2.21. The van der Waals surface area contributed by atoms with E-state index in [1.165, 1.54) is 17.4 Å². The van der Waals surface area contributed by atoms with Gasteiger partial charge in [0.2, 0.25) is 0 Å². The molecule has 0 saturated heterocycles. The average Bonchev–Trinajstić information content (AvgIpc) is 3.24. The standard InChI is InChI=1S/C28H26FNO3S/c1-17-8-10-20(11-9-17)26(30-21-13-19(16-31)14-22(15-21)33-3)27(32)24-12-18(2)34-28(24)23-6-4-5-7-25(23)29/h4-15,26,30-31H,16H2,1-3H3. The Labute approximate surface area is 202 Å². The fraction of sp³-hybridized carbons (Fsp3) is 0.179. The van der Waals surface area contributed by atoms with Crippen LogP contribution in [0, 0.1) is 19.7 Å². The van der Waals surface area contributed by atoms with Crippen molar-refractivity contribution < 1.29 is 19.0 Å². The van der Waals surface area contributed by atoms with Crippen LogP contribution in [0.4, 0.5) is 10.1 Å². The SMILES string of the molecule is COc1cc(CO)cc(NC(C(=O)c2cc(C)sc2-c2ccccc2F)c2ccc(C)cc2)c1. The number of rotatable bonds is 8. The molecule has 1 unspecified atom stereocenters. The fourth-order valence-electron chi connectivity index (χ4n) is 3.88. The largest absolute Gasteiger partial charge is 0.497 e. The van der Waals surface area contributed by atoms with Crippen LogP contribution in [0.15, 0.2) is 72.8 Å². The van der Waals surface area contributed by atoms with E-state index in [-0.39, 0.29) is 18.2 Å². The summed E-state index contributed by atoms with van der Waals surface area (Å²) in [7, 11) is 1.55. The van der Waals surface area contributed by atoms with Crippen molar-refractivity contribution in [2.24, 2.45) is 0 Å². The number of hydrogen-bond acceptors (Lipinski definition) is 5. The smallest absolute Gasteiger partial charge is 0.191 e. The number of methoxy groups -OCH3 is 1. The zero-order chi connectivity index (χ0) is 24.2. The van der Waals surface area contributed by atoms with Gasteiger partial charge in [0, 0.05) is 32.6 Å². The molecule has 0 fully saturated rings. The normalized spacial score (nSPS) is 11.8. The molecule has 0 bridgehead atoms. The molecule has 0 aliphatic heterocycles. The van der Waals surface area contributed by atoms with Gasteiger partial charge in [-0.3, -0.25) is 4.79 Å². The Bertz CT molecular complexity index is 1290. The molecule has 4 rings (SSSR count). The van der Waals surface area contributed by atoms with Crippen molar-refractivity contribution in [3.8, 4) is 16.2 Å². The fourth-order valence-corrected chi connectivity index (χ4v) is 4.92. The molecule has 0 radical (unpaired) electrons. The van der Waals surface area contributed by atoms with Crippen LogP contribution in [-0.2, 0) is 6.61 Å². The first-order valence-electron chi connectivity index (χ1n) is 10.9. The maximum absolute atomic E-state index is 14.7. The highest BCUT2D eigenvalue weighted by atomic mass is 32.1. The van der Waals surface area contributed by atoms with Gasteiger partial charge in [-0.1, -0.05) is 48.0 Å². The summed E-state index contributed by atoms with van der Waals surface area (Å²) in [6.45, 7) is 3.74. The predicted molar refractivity (Wildman–Crippen MR) is 135 cm³/mol. The highest BCUT2D eigenvalue weighted by Crippen LogP contribution is 2.37. The minimum absolute atomic E-state index is 0.157. The molecule has 4 aromatic rings. The Morgan fingerprint density at radius 1 is 1.06 bits per heavy atom. The van der Waals surface area contributed by atoms with Crippen LogP contribution in [0.3, 0.4) is 0 Å². The van der Waals surface area contributed by atoms with Gasteiger partial charge in [-0.05, 0) is 49.2 Å². The van der Waals surface area contributed by atoms with Gasteiger partial charge in [0.25, 0.3) is 0 Å². The van der Waals surface area contributed by atoms with Crippen LogP contribution in [-0.4, -0.2) is 18.0 Å². The van der Waals surface area contributed by atoms with Crippen molar-refractivity contribution in [3.05, 3.63) is 106 Å². The van der Waals surface area contributed by atoms with Crippen molar-refractivity contribution in [1.82, 2.24) is 0 Å². The second kappa shape index (κ2) is 10.2. The molecule has 0 saturated carbocycles. The van der Waals surface area contributed by atoms with Gasteiger partial charge in [-0.2, -0.15) is 0 Å². The summed E-state index contributed by atoms with van der Waals surface area (Å²) in [6.07, 6.45) is 0. The summed E-state index contributed by atoms with van der Waals surface area (Å²) in [5.74, 6) is 0.0426. The molecule has 174 valence electrons. The molecule has 1 atom stereocenters. The van der Waals surface area contributed by atoms with Gasteiger partial charge in [0.05, 0.1) is 13.7 Å².